The molecule has 1 aromatic rings. The fraction of sp³-hybridized carbons (Fsp3) is 0.429. The summed E-state index contributed by atoms with van der Waals surface area (Å²) in [5.41, 5.74) is 9.00. The summed E-state index contributed by atoms with van der Waals surface area (Å²) in [6.07, 6.45) is 0. The van der Waals surface area contributed by atoms with E-state index in [9.17, 15) is 4.79 Å². The number of aliphatic imine (C=N–C) groups is 1. The van der Waals surface area contributed by atoms with E-state index in [0.717, 1.165) is 16.8 Å². The van der Waals surface area contributed by atoms with Crippen molar-refractivity contribution in [3.05, 3.63) is 29.3 Å². The molecule has 0 heterocycles. The molecule has 1 rings (SSSR count). The first-order valence-electron chi connectivity index (χ1n) is 6.11. The van der Waals surface area contributed by atoms with Gasteiger partial charge in [0, 0.05) is 6.92 Å². The van der Waals surface area contributed by atoms with Crippen LogP contribution < -0.4 is 5.73 Å². The Bertz CT molecular complexity index is 484. The van der Waals surface area contributed by atoms with Crippen molar-refractivity contribution in [2.45, 2.75) is 33.6 Å². The molecule has 19 heavy (non-hydrogen) atoms. The highest BCUT2D eigenvalue weighted by atomic mass is 32.2. The van der Waals surface area contributed by atoms with Gasteiger partial charge in [-0.2, -0.15) is 0 Å². The molecule has 0 aromatic heterocycles. The van der Waals surface area contributed by atoms with Gasteiger partial charge in [0.05, 0.1) is 5.69 Å². The molecule has 5 heteroatoms. The Morgan fingerprint density at radius 1 is 1.47 bits per heavy atom. The van der Waals surface area contributed by atoms with Crippen LogP contribution in [0.2, 0.25) is 0 Å². The van der Waals surface area contributed by atoms with Gasteiger partial charge in [0.15, 0.2) is 5.17 Å². The second-order valence-electron chi connectivity index (χ2n) is 4.57. The zero-order valence-corrected chi connectivity index (χ0v) is 12.6. The van der Waals surface area contributed by atoms with Gasteiger partial charge in [-0.05, 0) is 41.8 Å². The van der Waals surface area contributed by atoms with Crippen LogP contribution in [0.4, 0.5) is 5.69 Å². The lowest BCUT2D eigenvalue weighted by molar-refractivity contribution is -0.138. The second-order valence-corrected chi connectivity index (χ2v) is 5.51. The minimum atomic E-state index is -0.321. The lowest BCUT2D eigenvalue weighted by atomic mass is 10.00. The lowest BCUT2D eigenvalue weighted by Gasteiger charge is -2.11. The van der Waals surface area contributed by atoms with E-state index in [1.807, 2.05) is 13.0 Å². The number of carbonyl (C=O) groups excluding carboxylic acids is 1. The van der Waals surface area contributed by atoms with Gasteiger partial charge in [0.1, 0.15) is 5.94 Å². The molecular weight excluding hydrogens is 260 g/mol. The van der Waals surface area contributed by atoms with Crippen LogP contribution in [0.25, 0.3) is 0 Å². The van der Waals surface area contributed by atoms with E-state index in [4.69, 9.17) is 10.5 Å². The molecule has 0 aliphatic rings. The Kier molecular flexibility index (Phi) is 5.89. The molecular formula is C14H20N2O2S. The largest absolute Gasteiger partial charge is 0.454 e. The maximum Gasteiger partial charge on any atom is 0.303 e. The molecule has 0 atom stereocenters. The fourth-order valence-electron chi connectivity index (χ4n) is 1.56. The Morgan fingerprint density at radius 2 is 2.16 bits per heavy atom. The number of rotatable bonds is 4. The van der Waals surface area contributed by atoms with Crippen LogP contribution in [0.1, 0.15) is 37.8 Å². The highest BCUT2D eigenvalue weighted by Crippen LogP contribution is 2.28. The number of nitrogens with zero attached hydrogens (tertiary/aromatic N) is 1. The van der Waals surface area contributed by atoms with E-state index in [2.05, 4.69) is 31.0 Å². The number of carbonyl (C=O) groups is 1. The molecule has 0 saturated heterocycles. The van der Waals surface area contributed by atoms with Crippen molar-refractivity contribution in [1.29, 1.82) is 0 Å². The summed E-state index contributed by atoms with van der Waals surface area (Å²) in [5, 5.41) is 0.397. The lowest BCUT2D eigenvalue weighted by Crippen LogP contribution is -2.09. The number of thioether (sulfide) groups is 1. The van der Waals surface area contributed by atoms with Crippen LogP contribution in [-0.2, 0) is 9.53 Å². The Hall–Kier alpha value is -1.49. The van der Waals surface area contributed by atoms with Crippen LogP contribution in [0.5, 0.6) is 0 Å². The predicted octanol–water partition coefficient (Wildman–Crippen LogP) is 3.32. The SMILES string of the molecule is CC(=O)OCSC(N)=Nc1cc(C)ccc1C(C)C. The second kappa shape index (κ2) is 7.19. The van der Waals surface area contributed by atoms with Gasteiger partial charge in [-0.3, -0.25) is 4.79 Å². The molecule has 0 spiro atoms. The number of benzene rings is 1. The van der Waals surface area contributed by atoms with Gasteiger partial charge in [-0.1, -0.05) is 26.0 Å². The van der Waals surface area contributed by atoms with Crippen molar-refractivity contribution >= 4 is 28.6 Å². The number of ether oxygens (including phenoxy) is 1. The summed E-state index contributed by atoms with van der Waals surface area (Å²) in [7, 11) is 0. The number of esters is 1. The average Bonchev–Trinajstić information content (AvgIpc) is 2.27. The molecule has 1 aromatic carbocycles. The van der Waals surface area contributed by atoms with Gasteiger partial charge >= 0.3 is 5.97 Å². The Morgan fingerprint density at radius 3 is 2.74 bits per heavy atom. The highest BCUT2D eigenvalue weighted by Gasteiger charge is 2.07. The van der Waals surface area contributed by atoms with Gasteiger partial charge in [0.25, 0.3) is 0 Å². The maximum atomic E-state index is 10.7. The number of aryl methyl sites for hydroxylation is 1. The summed E-state index contributed by atoms with van der Waals surface area (Å²) in [6.45, 7) is 7.62. The molecule has 104 valence electrons. The zero-order chi connectivity index (χ0) is 14.4. The molecule has 0 aliphatic carbocycles. The predicted molar refractivity (Wildman–Crippen MR) is 80.8 cm³/mol. The topological polar surface area (TPSA) is 64.7 Å². The third-order valence-electron chi connectivity index (χ3n) is 2.51. The standard InChI is InChI=1S/C14H20N2O2S/c1-9(2)12-6-5-10(3)7-13(12)16-14(15)19-8-18-11(4)17/h5-7,9H,8H2,1-4H3,(H2,15,16). The van der Waals surface area contributed by atoms with Gasteiger partial charge in [0.2, 0.25) is 0 Å². The molecule has 0 aliphatic heterocycles. The average molecular weight is 280 g/mol. The Balaban J connectivity index is 2.84. The normalized spacial score (nSPS) is 11.7. The molecule has 2 N–H and O–H groups in total. The van der Waals surface area contributed by atoms with Crippen LogP contribution in [0.15, 0.2) is 23.2 Å². The minimum Gasteiger partial charge on any atom is -0.454 e. The molecule has 0 saturated carbocycles. The third kappa shape index (κ3) is 5.34. The summed E-state index contributed by atoms with van der Waals surface area (Å²) >= 11 is 1.21. The first-order valence-corrected chi connectivity index (χ1v) is 7.09. The van der Waals surface area contributed by atoms with E-state index in [0.29, 0.717) is 11.1 Å². The van der Waals surface area contributed by atoms with Crippen molar-refractivity contribution in [2.75, 3.05) is 5.94 Å². The van der Waals surface area contributed by atoms with Crippen LogP contribution in [0, 0.1) is 6.92 Å². The smallest absolute Gasteiger partial charge is 0.303 e. The summed E-state index contributed by atoms with van der Waals surface area (Å²) < 4.78 is 4.81. The molecule has 0 fully saturated rings. The highest BCUT2D eigenvalue weighted by molar-refractivity contribution is 8.13. The van der Waals surface area contributed by atoms with E-state index >= 15 is 0 Å². The zero-order valence-electron chi connectivity index (χ0n) is 11.8. The van der Waals surface area contributed by atoms with E-state index < -0.39 is 0 Å². The van der Waals surface area contributed by atoms with E-state index in [-0.39, 0.29) is 11.9 Å². The summed E-state index contributed by atoms with van der Waals surface area (Å²) in [6, 6.07) is 6.15. The Labute approximate surface area is 118 Å². The molecule has 0 unspecified atom stereocenters. The van der Waals surface area contributed by atoms with Crippen molar-refractivity contribution in [3.8, 4) is 0 Å². The monoisotopic (exact) mass is 280 g/mol. The van der Waals surface area contributed by atoms with Crippen molar-refractivity contribution in [3.63, 3.8) is 0 Å². The molecule has 0 bridgehead atoms. The minimum absolute atomic E-state index is 0.188. The summed E-state index contributed by atoms with van der Waals surface area (Å²) in [5.74, 6) is 0.248. The number of hydrogen-bond acceptors (Lipinski definition) is 4. The van der Waals surface area contributed by atoms with Crippen molar-refractivity contribution in [1.82, 2.24) is 0 Å². The van der Waals surface area contributed by atoms with Crippen molar-refractivity contribution in [2.24, 2.45) is 10.7 Å². The van der Waals surface area contributed by atoms with Crippen LogP contribution in [-0.4, -0.2) is 17.1 Å². The van der Waals surface area contributed by atoms with Gasteiger partial charge < -0.3 is 10.5 Å². The number of nitrogens with two attached hydrogens (primary N) is 1. The summed E-state index contributed by atoms with van der Waals surface area (Å²) in [4.78, 5) is 15.1. The molecule has 4 nitrogen and oxygen atoms in total. The number of hydrogen-bond donors (Lipinski definition) is 1. The first kappa shape index (κ1) is 15.6. The quantitative estimate of drug-likeness (QED) is 0.398. The fourth-order valence-corrected chi connectivity index (χ4v) is 2.07. The first-order chi connectivity index (χ1) is 8.90. The molecule has 0 amide bonds. The third-order valence-corrected chi connectivity index (χ3v) is 3.13. The number of amidine groups is 1. The van der Waals surface area contributed by atoms with Gasteiger partial charge in [-0.25, -0.2) is 4.99 Å². The van der Waals surface area contributed by atoms with E-state index in [1.54, 1.807) is 0 Å². The van der Waals surface area contributed by atoms with Crippen LogP contribution >= 0.6 is 11.8 Å². The maximum absolute atomic E-state index is 10.7. The van der Waals surface area contributed by atoms with Crippen molar-refractivity contribution < 1.29 is 9.53 Å². The van der Waals surface area contributed by atoms with Crippen LogP contribution in [0.3, 0.4) is 0 Å². The van der Waals surface area contributed by atoms with Gasteiger partial charge in [-0.15, -0.1) is 0 Å². The van der Waals surface area contributed by atoms with E-state index in [1.165, 1.54) is 18.7 Å². The molecule has 0 radical (unpaired) electrons.